The number of carbonyl (C=O) groups excluding carboxylic acids is 1. The monoisotopic (exact) mass is 239 g/mol. The van der Waals surface area contributed by atoms with Crippen LogP contribution in [-0.2, 0) is 11.2 Å². The van der Waals surface area contributed by atoms with Crippen LogP contribution in [0.5, 0.6) is 0 Å². The van der Waals surface area contributed by atoms with Crippen molar-refractivity contribution in [2.75, 3.05) is 11.2 Å². The van der Waals surface area contributed by atoms with Gasteiger partial charge in [-0.3, -0.25) is 4.79 Å². The third-order valence-electron chi connectivity index (χ3n) is 2.54. The molecule has 0 saturated heterocycles. The normalized spacial score (nSPS) is 10.2. The molecular weight excluding hydrogens is 222 g/mol. The Labute approximate surface area is 102 Å². The number of nitrogens with one attached hydrogen (secondary N) is 1. The molecule has 0 aliphatic carbocycles. The molecule has 0 radical (unpaired) electrons. The smallest absolute Gasteiger partial charge is 0.239 e. The molecule has 0 atom stereocenters. The molecule has 0 unspecified atom stereocenters. The summed E-state index contributed by atoms with van der Waals surface area (Å²) >= 11 is 5.50. The van der Waals surface area contributed by atoms with Crippen molar-refractivity contribution < 1.29 is 4.79 Å². The predicted molar refractivity (Wildman–Crippen MR) is 69.1 cm³/mol. The number of unbranched alkanes of at least 4 members (excludes halogenated alkanes) is 1. The van der Waals surface area contributed by atoms with Gasteiger partial charge in [0, 0.05) is 5.69 Å². The molecule has 0 aromatic heterocycles. The van der Waals surface area contributed by atoms with Gasteiger partial charge in [-0.25, -0.2) is 0 Å². The minimum atomic E-state index is -0.145. The second kappa shape index (κ2) is 6.54. The predicted octanol–water partition coefficient (Wildman–Crippen LogP) is 3.51. The van der Waals surface area contributed by atoms with Crippen LogP contribution in [0.1, 0.15) is 30.9 Å². The lowest BCUT2D eigenvalue weighted by atomic mass is 10.0. The van der Waals surface area contributed by atoms with Gasteiger partial charge in [-0.05, 0) is 30.9 Å². The molecule has 1 aromatic rings. The molecule has 3 heteroatoms. The first-order valence-corrected chi connectivity index (χ1v) is 6.16. The molecule has 0 saturated carbocycles. The number of para-hydroxylation sites is 1. The van der Waals surface area contributed by atoms with Gasteiger partial charge < -0.3 is 5.32 Å². The third kappa shape index (κ3) is 3.53. The number of benzene rings is 1. The molecule has 0 bridgehead atoms. The second-order valence-electron chi connectivity index (χ2n) is 3.89. The van der Waals surface area contributed by atoms with Gasteiger partial charge in [0.1, 0.15) is 5.88 Å². The molecule has 1 aromatic carbocycles. The summed E-state index contributed by atoms with van der Waals surface area (Å²) in [5.74, 6) is -0.143. The fourth-order valence-electron chi connectivity index (χ4n) is 1.66. The summed E-state index contributed by atoms with van der Waals surface area (Å²) in [6.45, 7) is 4.16. The molecule has 1 amide bonds. The highest BCUT2D eigenvalue weighted by atomic mass is 35.5. The van der Waals surface area contributed by atoms with Crippen molar-refractivity contribution in [3.8, 4) is 0 Å². The highest BCUT2D eigenvalue weighted by molar-refractivity contribution is 6.29. The van der Waals surface area contributed by atoms with Crippen LogP contribution in [0, 0.1) is 6.92 Å². The maximum Gasteiger partial charge on any atom is 0.239 e. The highest BCUT2D eigenvalue weighted by Gasteiger charge is 2.08. The number of halogens is 1. The van der Waals surface area contributed by atoms with Crippen LogP contribution in [0.15, 0.2) is 18.2 Å². The maximum atomic E-state index is 11.3. The number of hydrogen-bond donors (Lipinski definition) is 1. The molecule has 0 spiro atoms. The summed E-state index contributed by atoms with van der Waals surface area (Å²) in [7, 11) is 0. The van der Waals surface area contributed by atoms with E-state index in [1.807, 2.05) is 19.1 Å². The molecule has 0 fully saturated rings. The van der Waals surface area contributed by atoms with E-state index < -0.39 is 0 Å². The Morgan fingerprint density at radius 2 is 2.19 bits per heavy atom. The Morgan fingerprint density at radius 1 is 1.44 bits per heavy atom. The van der Waals surface area contributed by atoms with Crippen LogP contribution in [-0.4, -0.2) is 11.8 Å². The molecule has 0 aliphatic heterocycles. The summed E-state index contributed by atoms with van der Waals surface area (Å²) in [6.07, 6.45) is 3.28. The van der Waals surface area contributed by atoms with Crippen molar-refractivity contribution in [1.29, 1.82) is 0 Å². The first-order valence-electron chi connectivity index (χ1n) is 5.63. The van der Waals surface area contributed by atoms with Gasteiger partial charge in [-0.2, -0.15) is 0 Å². The molecular formula is C13H18ClNO. The van der Waals surface area contributed by atoms with Gasteiger partial charge in [0.2, 0.25) is 5.91 Å². The van der Waals surface area contributed by atoms with Crippen LogP contribution in [0.4, 0.5) is 5.69 Å². The van der Waals surface area contributed by atoms with Crippen molar-refractivity contribution in [1.82, 2.24) is 0 Å². The van der Waals surface area contributed by atoms with E-state index in [1.165, 1.54) is 5.56 Å². The number of anilines is 1. The van der Waals surface area contributed by atoms with E-state index in [1.54, 1.807) is 0 Å². The fourth-order valence-corrected chi connectivity index (χ4v) is 1.72. The molecule has 1 N–H and O–H groups in total. The number of alkyl halides is 1. The van der Waals surface area contributed by atoms with E-state index in [2.05, 4.69) is 18.3 Å². The summed E-state index contributed by atoms with van der Waals surface area (Å²) in [5.41, 5.74) is 3.22. The first kappa shape index (κ1) is 13.0. The second-order valence-corrected chi connectivity index (χ2v) is 4.16. The zero-order valence-corrected chi connectivity index (χ0v) is 10.6. The lowest BCUT2D eigenvalue weighted by Gasteiger charge is -2.13. The van der Waals surface area contributed by atoms with Gasteiger partial charge in [0.15, 0.2) is 0 Å². The largest absolute Gasteiger partial charge is 0.325 e. The molecule has 88 valence electrons. The Kier molecular flexibility index (Phi) is 5.33. The van der Waals surface area contributed by atoms with Crippen molar-refractivity contribution in [2.24, 2.45) is 0 Å². The zero-order valence-electron chi connectivity index (χ0n) is 9.85. The Bertz CT molecular complexity index is 363. The van der Waals surface area contributed by atoms with Crippen LogP contribution in [0.2, 0.25) is 0 Å². The number of carbonyl (C=O) groups is 1. The summed E-state index contributed by atoms with van der Waals surface area (Å²) in [6, 6.07) is 6.09. The summed E-state index contributed by atoms with van der Waals surface area (Å²) < 4.78 is 0. The standard InChI is InChI=1S/C13H18ClNO/c1-3-4-7-11-8-5-6-10(2)13(11)15-12(16)9-14/h5-6,8H,3-4,7,9H2,1-2H3,(H,15,16). The minimum absolute atomic E-state index is 0.00154. The van der Waals surface area contributed by atoms with Crippen LogP contribution in [0.3, 0.4) is 0 Å². The summed E-state index contributed by atoms with van der Waals surface area (Å²) in [5, 5.41) is 2.87. The molecule has 2 nitrogen and oxygen atoms in total. The van der Waals surface area contributed by atoms with E-state index >= 15 is 0 Å². The maximum absolute atomic E-state index is 11.3. The average molecular weight is 240 g/mol. The van der Waals surface area contributed by atoms with E-state index in [0.29, 0.717) is 0 Å². The SMILES string of the molecule is CCCCc1cccc(C)c1NC(=O)CCl. The van der Waals surface area contributed by atoms with Crippen molar-refractivity contribution in [3.05, 3.63) is 29.3 Å². The van der Waals surface area contributed by atoms with E-state index in [-0.39, 0.29) is 11.8 Å². The Hall–Kier alpha value is -1.02. The zero-order chi connectivity index (χ0) is 12.0. The minimum Gasteiger partial charge on any atom is -0.325 e. The van der Waals surface area contributed by atoms with Crippen LogP contribution in [0.25, 0.3) is 0 Å². The van der Waals surface area contributed by atoms with Gasteiger partial charge in [-0.15, -0.1) is 11.6 Å². The number of amides is 1. The van der Waals surface area contributed by atoms with E-state index in [0.717, 1.165) is 30.5 Å². The number of hydrogen-bond acceptors (Lipinski definition) is 1. The Morgan fingerprint density at radius 3 is 2.81 bits per heavy atom. The van der Waals surface area contributed by atoms with Gasteiger partial charge in [-0.1, -0.05) is 31.5 Å². The fraction of sp³-hybridized carbons (Fsp3) is 0.462. The van der Waals surface area contributed by atoms with Crippen molar-refractivity contribution in [3.63, 3.8) is 0 Å². The van der Waals surface area contributed by atoms with Crippen molar-refractivity contribution in [2.45, 2.75) is 33.1 Å². The highest BCUT2D eigenvalue weighted by Crippen LogP contribution is 2.22. The van der Waals surface area contributed by atoms with Crippen LogP contribution >= 0.6 is 11.6 Å². The quantitative estimate of drug-likeness (QED) is 0.783. The van der Waals surface area contributed by atoms with Gasteiger partial charge in [0.05, 0.1) is 0 Å². The molecule has 0 aliphatic rings. The van der Waals surface area contributed by atoms with Crippen molar-refractivity contribution >= 4 is 23.2 Å². The van der Waals surface area contributed by atoms with E-state index in [9.17, 15) is 4.79 Å². The molecule has 16 heavy (non-hydrogen) atoms. The molecule has 0 heterocycles. The Balaban J connectivity index is 2.89. The third-order valence-corrected chi connectivity index (χ3v) is 2.79. The lowest BCUT2D eigenvalue weighted by Crippen LogP contribution is -2.15. The van der Waals surface area contributed by atoms with E-state index in [4.69, 9.17) is 11.6 Å². The van der Waals surface area contributed by atoms with Gasteiger partial charge >= 0.3 is 0 Å². The number of aryl methyl sites for hydroxylation is 2. The van der Waals surface area contributed by atoms with Gasteiger partial charge in [0.25, 0.3) is 0 Å². The lowest BCUT2D eigenvalue weighted by molar-refractivity contribution is -0.113. The first-order chi connectivity index (χ1) is 7.69. The topological polar surface area (TPSA) is 29.1 Å². The summed E-state index contributed by atoms with van der Waals surface area (Å²) in [4.78, 5) is 11.3. The van der Waals surface area contributed by atoms with Crippen LogP contribution < -0.4 is 5.32 Å². The number of rotatable bonds is 5. The molecule has 1 rings (SSSR count). The average Bonchev–Trinajstić information content (AvgIpc) is 2.29.